The number of carbonyl (C=O) groups excluding carboxylic acids is 2. The second kappa shape index (κ2) is 38.4. The molecule has 0 saturated carbocycles. The van der Waals surface area contributed by atoms with Gasteiger partial charge in [0.1, 0.15) is 17.6 Å². The van der Waals surface area contributed by atoms with Gasteiger partial charge in [-0.1, -0.05) is 206 Å². The van der Waals surface area contributed by atoms with Crippen molar-refractivity contribution in [2.45, 2.75) is 277 Å². The third-order valence-corrected chi connectivity index (χ3v) is 11.9. The third kappa shape index (κ3) is 30.0. The number of hydrogen-bond donors (Lipinski definition) is 2. The molecule has 2 atom stereocenters. The first-order chi connectivity index (χ1) is 27.1. The Kier molecular flexibility index (Phi) is 36.9. The maximum Gasteiger partial charge on any atom is 0.317 e. The zero-order valence-corrected chi connectivity index (χ0v) is 37.2. The van der Waals surface area contributed by atoms with Gasteiger partial charge in [-0.15, -0.1) is 0 Å². The molecule has 0 bridgehead atoms. The number of esters is 2. The summed E-state index contributed by atoms with van der Waals surface area (Å²) in [7, 11) is 0. The fourth-order valence-corrected chi connectivity index (χ4v) is 8.07. The monoisotopic (exact) mass is 795 g/mol. The van der Waals surface area contributed by atoms with E-state index < -0.39 is 41.5 Å². The van der Waals surface area contributed by atoms with Gasteiger partial charge >= 0.3 is 23.9 Å². The van der Waals surface area contributed by atoms with Crippen LogP contribution in [0.5, 0.6) is 0 Å². The zero-order chi connectivity index (χ0) is 41.5. The lowest BCUT2D eigenvalue weighted by molar-refractivity contribution is -0.187. The summed E-state index contributed by atoms with van der Waals surface area (Å²) in [5.41, 5.74) is -1.63. The van der Waals surface area contributed by atoms with Gasteiger partial charge in [-0.3, -0.25) is 19.2 Å². The molecule has 330 valence electrons. The molecule has 0 radical (unpaired) electrons. The summed E-state index contributed by atoms with van der Waals surface area (Å²) in [6.07, 6.45) is 36.9. The quantitative estimate of drug-likeness (QED) is 0.0461. The summed E-state index contributed by atoms with van der Waals surface area (Å²) in [5, 5.41) is 19.6. The standard InChI is InChI=1S/C48H90O8/c1-5-7-9-11-13-15-17-19-21-23-25-27-29-31-35-39-45(51)55-42(3)48(47(53)54,41-37-33-34-38-44(49)50)43(4)56-46(52)40-36-32-30-28-26-24-22-20-18-16-14-12-10-8-6-2/h42-43H,5-41H2,1-4H3,(H,49,50)(H,53,54). The summed E-state index contributed by atoms with van der Waals surface area (Å²) in [5.74, 6) is -2.92. The molecule has 0 aliphatic rings. The Morgan fingerprint density at radius 3 is 0.911 bits per heavy atom. The second-order valence-corrected chi connectivity index (χ2v) is 17.0. The average molecular weight is 795 g/mol. The Morgan fingerprint density at radius 1 is 0.393 bits per heavy atom. The van der Waals surface area contributed by atoms with Gasteiger partial charge in [0.05, 0.1) is 0 Å². The lowest BCUT2D eigenvalue weighted by Crippen LogP contribution is -2.52. The summed E-state index contributed by atoms with van der Waals surface area (Å²) in [6.45, 7) is 7.70. The van der Waals surface area contributed by atoms with Crippen molar-refractivity contribution in [2.75, 3.05) is 0 Å². The van der Waals surface area contributed by atoms with Gasteiger partial charge in [0.15, 0.2) is 0 Å². The van der Waals surface area contributed by atoms with E-state index in [2.05, 4.69) is 13.8 Å². The van der Waals surface area contributed by atoms with Crippen LogP contribution in [0.3, 0.4) is 0 Å². The van der Waals surface area contributed by atoms with Crippen molar-refractivity contribution >= 4 is 23.9 Å². The Balaban J connectivity index is 4.62. The van der Waals surface area contributed by atoms with Crippen LogP contribution in [-0.2, 0) is 28.7 Å². The number of unbranched alkanes of at least 4 members (excludes halogenated alkanes) is 30. The third-order valence-electron chi connectivity index (χ3n) is 11.9. The Bertz CT molecular complexity index is 895. The van der Waals surface area contributed by atoms with E-state index in [9.17, 15) is 24.3 Å². The van der Waals surface area contributed by atoms with Crippen LogP contribution < -0.4 is 0 Å². The summed E-state index contributed by atoms with van der Waals surface area (Å²) in [6, 6.07) is 0. The molecule has 8 nitrogen and oxygen atoms in total. The van der Waals surface area contributed by atoms with E-state index in [1.807, 2.05) is 0 Å². The average Bonchev–Trinajstić information content (AvgIpc) is 3.15. The van der Waals surface area contributed by atoms with Crippen molar-refractivity contribution < 1.29 is 38.9 Å². The van der Waals surface area contributed by atoms with E-state index in [1.54, 1.807) is 13.8 Å². The van der Waals surface area contributed by atoms with Crippen molar-refractivity contribution in [3.05, 3.63) is 0 Å². The van der Waals surface area contributed by atoms with E-state index in [0.717, 1.165) is 38.5 Å². The number of carbonyl (C=O) groups is 4. The normalized spacial score (nSPS) is 13.6. The van der Waals surface area contributed by atoms with Gasteiger partial charge in [-0.25, -0.2) is 0 Å². The molecular weight excluding hydrogens is 705 g/mol. The zero-order valence-electron chi connectivity index (χ0n) is 37.2. The Morgan fingerprint density at radius 2 is 0.643 bits per heavy atom. The van der Waals surface area contributed by atoms with Crippen LogP contribution in [-0.4, -0.2) is 46.3 Å². The van der Waals surface area contributed by atoms with Gasteiger partial charge in [-0.05, 0) is 39.5 Å². The summed E-state index contributed by atoms with van der Waals surface area (Å²) in [4.78, 5) is 49.9. The molecule has 2 unspecified atom stereocenters. The molecule has 0 heterocycles. The second-order valence-electron chi connectivity index (χ2n) is 17.0. The SMILES string of the molecule is CCCCCCCCCCCCCCCCCC(=O)OC(C)C(CCCCCC(=O)O)(C(=O)O)C(C)OC(=O)CCCCCCCCCCCCCCCCC. The van der Waals surface area contributed by atoms with E-state index in [0.29, 0.717) is 32.1 Å². The van der Waals surface area contributed by atoms with Crippen LogP contribution >= 0.6 is 0 Å². The minimum atomic E-state index is -1.63. The van der Waals surface area contributed by atoms with Crippen molar-refractivity contribution in [1.29, 1.82) is 0 Å². The molecule has 56 heavy (non-hydrogen) atoms. The number of rotatable bonds is 43. The number of aliphatic carboxylic acids is 2. The van der Waals surface area contributed by atoms with E-state index in [4.69, 9.17) is 14.6 Å². The summed E-state index contributed by atoms with van der Waals surface area (Å²) >= 11 is 0. The van der Waals surface area contributed by atoms with Crippen molar-refractivity contribution in [3.63, 3.8) is 0 Å². The fourth-order valence-electron chi connectivity index (χ4n) is 8.07. The lowest BCUT2D eigenvalue weighted by atomic mass is 9.73. The minimum absolute atomic E-state index is 0.00760. The van der Waals surface area contributed by atoms with Gasteiger partial charge in [0.25, 0.3) is 0 Å². The smallest absolute Gasteiger partial charge is 0.317 e. The first-order valence-electron chi connectivity index (χ1n) is 24.0. The number of ether oxygens (including phenoxy) is 2. The maximum absolute atomic E-state index is 13.0. The highest BCUT2D eigenvalue weighted by Gasteiger charge is 2.52. The molecule has 0 amide bonds. The topological polar surface area (TPSA) is 127 Å². The van der Waals surface area contributed by atoms with Crippen LogP contribution in [0.1, 0.15) is 265 Å². The minimum Gasteiger partial charge on any atom is -0.481 e. The molecule has 0 rings (SSSR count). The molecule has 0 spiro atoms. The molecule has 0 saturated heterocycles. The van der Waals surface area contributed by atoms with Crippen LogP contribution in [0.2, 0.25) is 0 Å². The Labute approximate surface area is 344 Å². The van der Waals surface area contributed by atoms with Crippen LogP contribution in [0, 0.1) is 5.41 Å². The molecule has 0 fully saturated rings. The van der Waals surface area contributed by atoms with Gasteiger partial charge in [0, 0.05) is 19.3 Å². The molecule has 0 aromatic carbocycles. The van der Waals surface area contributed by atoms with Crippen molar-refractivity contribution in [3.8, 4) is 0 Å². The van der Waals surface area contributed by atoms with Crippen LogP contribution in [0.15, 0.2) is 0 Å². The van der Waals surface area contributed by atoms with E-state index >= 15 is 0 Å². The van der Waals surface area contributed by atoms with E-state index in [-0.39, 0.29) is 25.7 Å². The van der Waals surface area contributed by atoms with Crippen LogP contribution in [0.4, 0.5) is 0 Å². The van der Waals surface area contributed by atoms with Gasteiger partial charge < -0.3 is 19.7 Å². The first-order valence-corrected chi connectivity index (χ1v) is 24.0. The molecule has 8 heteroatoms. The summed E-state index contributed by atoms with van der Waals surface area (Å²) < 4.78 is 11.6. The van der Waals surface area contributed by atoms with E-state index in [1.165, 1.54) is 141 Å². The highest BCUT2D eigenvalue weighted by molar-refractivity contribution is 5.78. The number of carboxylic acid groups (broad SMARTS) is 2. The largest absolute Gasteiger partial charge is 0.481 e. The van der Waals surface area contributed by atoms with Crippen molar-refractivity contribution in [1.82, 2.24) is 0 Å². The van der Waals surface area contributed by atoms with Gasteiger partial charge in [-0.2, -0.15) is 0 Å². The highest BCUT2D eigenvalue weighted by atomic mass is 16.6. The van der Waals surface area contributed by atoms with Gasteiger partial charge in [0.2, 0.25) is 0 Å². The first kappa shape index (κ1) is 53.9. The molecule has 0 aliphatic heterocycles. The fraction of sp³-hybridized carbons (Fsp3) is 0.917. The predicted molar refractivity (Wildman–Crippen MR) is 231 cm³/mol. The number of hydrogen-bond acceptors (Lipinski definition) is 6. The Hall–Kier alpha value is -2.12. The maximum atomic E-state index is 13.0. The van der Waals surface area contributed by atoms with Crippen LogP contribution in [0.25, 0.3) is 0 Å². The number of carboxylic acids is 2. The molecule has 0 aliphatic carbocycles. The molecule has 2 N–H and O–H groups in total. The molecular formula is C48H90O8. The molecule has 0 aromatic rings. The molecule has 0 aromatic heterocycles. The highest BCUT2D eigenvalue weighted by Crippen LogP contribution is 2.38. The lowest BCUT2D eigenvalue weighted by Gasteiger charge is -2.39. The predicted octanol–water partition coefficient (Wildman–Crippen LogP) is 14.5. The van der Waals surface area contributed by atoms with Crippen molar-refractivity contribution in [2.24, 2.45) is 5.41 Å².